The smallest absolute Gasteiger partial charge is 0.257 e. The molecule has 1 amide bonds. The lowest BCUT2D eigenvalue weighted by molar-refractivity contribution is 0.102. The number of para-hydroxylation sites is 1. The lowest BCUT2D eigenvalue weighted by Crippen LogP contribution is -2.15. The lowest BCUT2D eigenvalue weighted by atomic mass is 10.1. The maximum Gasteiger partial charge on any atom is 0.257 e. The summed E-state index contributed by atoms with van der Waals surface area (Å²) >= 11 is 5.91. The largest absolute Gasteiger partial charge is 0.384 e. The zero-order valence-electron chi connectivity index (χ0n) is 17.6. The van der Waals surface area contributed by atoms with Gasteiger partial charge >= 0.3 is 0 Å². The molecule has 0 spiro atoms. The fraction of sp³-hybridized carbons (Fsp3) is 0.200. The number of rotatable bonds is 9. The Morgan fingerprint density at radius 1 is 1.00 bits per heavy atom. The van der Waals surface area contributed by atoms with Crippen LogP contribution >= 0.6 is 11.6 Å². The third kappa shape index (κ3) is 6.59. The standard InChI is InChI=1S/C25H27ClN4O/c1-2-3-16-28-24(27)19-10-8-18(9-11-19)17-29-23-7-5-4-6-22(23)25(31)30-21-14-12-20(26)13-15-21/h4-15,29H,2-3,16-17H2,1H3,(H2,27,28)(H,30,31). The molecule has 4 N–H and O–H groups in total. The number of benzene rings is 3. The number of amides is 1. The zero-order chi connectivity index (χ0) is 22.1. The van der Waals surface area contributed by atoms with Crippen LogP contribution in [-0.2, 0) is 6.54 Å². The molecule has 160 valence electrons. The summed E-state index contributed by atoms with van der Waals surface area (Å²) in [4.78, 5) is 17.2. The van der Waals surface area contributed by atoms with Crippen LogP contribution in [0.3, 0.4) is 0 Å². The first-order valence-corrected chi connectivity index (χ1v) is 10.7. The van der Waals surface area contributed by atoms with Crippen molar-refractivity contribution in [3.63, 3.8) is 0 Å². The maximum atomic E-state index is 12.7. The second-order valence-electron chi connectivity index (χ2n) is 7.18. The number of nitrogens with one attached hydrogen (secondary N) is 2. The summed E-state index contributed by atoms with van der Waals surface area (Å²) in [5.41, 5.74) is 10.1. The van der Waals surface area contributed by atoms with E-state index in [0.29, 0.717) is 28.7 Å². The molecule has 3 rings (SSSR count). The number of halogens is 1. The van der Waals surface area contributed by atoms with Crippen molar-refractivity contribution < 1.29 is 4.79 Å². The first kappa shape index (κ1) is 22.4. The number of carbonyl (C=O) groups is 1. The fourth-order valence-corrected chi connectivity index (χ4v) is 3.13. The first-order valence-electron chi connectivity index (χ1n) is 10.4. The van der Waals surface area contributed by atoms with Gasteiger partial charge in [-0.2, -0.15) is 0 Å². The SMILES string of the molecule is CCCCN=C(N)c1ccc(CNc2ccccc2C(=O)Nc2ccc(Cl)cc2)cc1. The van der Waals surface area contributed by atoms with Crippen molar-refractivity contribution in [3.05, 3.63) is 94.5 Å². The predicted octanol–water partition coefficient (Wildman–Crippen LogP) is 5.71. The van der Waals surface area contributed by atoms with Gasteiger partial charge in [-0.05, 0) is 48.4 Å². The van der Waals surface area contributed by atoms with E-state index in [1.165, 1.54) is 0 Å². The highest BCUT2D eigenvalue weighted by Crippen LogP contribution is 2.20. The van der Waals surface area contributed by atoms with E-state index in [4.69, 9.17) is 17.3 Å². The summed E-state index contributed by atoms with van der Waals surface area (Å²) in [6.07, 6.45) is 2.13. The third-order valence-electron chi connectivity index (χ3n) is 4.80. The zero-order valence-corrected chi connectivity index (χ0v) is 18.3. The number of nitrogens with two attached hydrogens (primary N) is 1. The van der Waals surface area contributed by atoms with Crippen LogP contribution in [0.2, 0.25) is 5.02 Å². The fourth-order valence-electron chi connectivity index (χ4n) is 3.01. The number of carbonyl (C=O) groups excluding carboxylic acids is 1. The Hall–Kier alpha value is -3.31. The number of nitrogens with zero attached hydrogens (tertiary/aromatic N) is 1. The topological polar surface area (TPSA) is 79.5 Å². The van der Waals surface area contributed by atoms with Crippen molar-refractivity contribution in [2.45, 2.75) is 26.3 Å². The molecule has 0 radical (unpaired) electrons. The van der Waals surface area contributed by atoms with Crippen molar-refractivity contribution in [2.24, 2.45) is 10.7 Å². The maximum absolute atomic E-state index is 12.7. The number of aliphatic imine (C=N–C) groups is 1. The van der Waals surface area contributed by atoms with Gasteiger partial charge in [-0.25, -0.2) is 0 Å². The van der Waals surface area contributed by atoms with Gasteiger partial charge in [0.2, 0.25) is 0 Å². The number of hydrogen-bond acceptors (Lipinski definition) is 3. The normalized spacial score (nSPS) is 11.2. The molecule has 3 aromatic carbocycles. The highest BCUT2D eigenvalue weighted by Gasteiger charge is 2.11. The van der Waals surface area contributed by atoms with Crippen molar-refractivity contribution in [1.29, 1.82) is 0 Å². The molecule has 0 aliphatic carbocycles. The van der Waals surface area contributed by atoms with E-state index in [2.05, 4.69) is 22.5 Å². The second kappa shape index (κ2) is 11.2. The van der Waals surface area contributed by atoms with Crippen LogP contribution in [0.5, 0.6) is 0 Å². The molecule has 0 aliphatic rings. The number of anilines is 2. The number of hydrogen-bond donors (Lipinski definition) is 3. The molecule has 31 heavy (non-hydrogen) atoms. The number of amidine groups is 1. The summed E-state index contributed by atoms with van der Waals surface area (Å²) in [5, 5.41) is 6.88. The molecule has 0 aliphatic heterocycles. The van der Waals surface area contributed by atoms with E-state index in [9.17, 15) is 4.79 Å². The van der Waals surface area contributed by atoms with Crippen molar-refractivity contribution >= 4 is 34.7 Å². The second-order valence-corrected chi connectivity index (χ2v) is 7.61. The minimum atomic E-state index is -0.183. The Bertz CT molecular complexity index is 1030. The molecule has 5 nitrogen and oxygen atoms in total. The van der Waals surface area contributed by atoms with Gasteiger partial charge in [-0.15, -0.1) is 0 Å². The van der Waals surface area contributed by atoms with Crippen molar-refractivity contribution in [2.75, 3.05) is 17.2 Å². The van der Waals surface area contributed by atoms with E-state index < -0.39 is 0 Å². The van der Waals surface area contributed by atoms with Gasteiger partial charge in [0.1, 0.15) is 5.84 Å². The van der Waals surface area contributed by atoms with Crippen LogP contribution in [-0.4, -0.2) is 18.3 Å². The molecule has 0 saturated heterocycles. The third-order valence-corrected chi connectivity index (χ3v) is 5.05. The minimum Gasteiger partial charge on any atom is -0.384 e. The van der Waals surface area contributed by atoms with Gasteiger partial charge < -0.3 is 16.4 Å². The summed E-state index contributed by atoms with van der Waals surface area (Å²) in [6, 6.07) is 22.4. The van der Waals surface area contributed by atoms with Crippen molar-refractivity contribution in [3.8, 4) is 0 Å². The summed E-state index contributed by atoms with van der Waals surface area (Å²) in [7, 11) is 0. The minimum absolute atomic E-state index is 0.183. The Balaban J connectivity index is 1.64. The van der Waals surface area contributed by atoms with Crippen molar-refractivity contribution in [1.82, 2.24) is 0 Å². The highest BCUT2D eigenvalue weighted by molar-refractivity contribution is 6.30. The average Bonchev–Trinajstić information content (AvgIpc) is 2.80. The molecule has 0 saturated carbocycles. The van der Waals surface area contributed by atoms with Crippen LogP contribution in [0, 0.1) is 0 Å². The molecule has 0 atom stereocenters. The van der Waals surface area contributed by atoms with Gasteiger partial charge in [0.15, 0.2) is 0 Å². The van der Waals surface area contributed by atoms with Crippen LogP contribution < -0.4 is 16.4 Å². The first-order chi connectivity index (χ1) is 15.1. The van der Waals surface area contributed by atoms with Gasteiger partial charge in [0.25, 0.3) is 5.91 Å². The van der Waals surface area contributed by atoms with Crippen LogP contribution in [0.25, 0.3) is 0 Å². The van der Waals surface area contributed by atoms with Gasteiger partial charge in [0, 0.05) is 35.1 Å². The van der Waals surface area contributed by atoms with E-state index in [-0.39, 0.29) is 5.91 Å². The molecule has 0 unspecified atom stereocenters. The summed E-state index contributed by atoms with van der Waals surface area (Å²) in [5.74, 6) is 0.383. The summed E-state index contributed by atoms with van der Waals surface area (Å²) in [6.45, 7) is 3.46. The van der Waals surface area contributed by atoms with Gasteiger partial charge in [-0.3, -0.25) is 9.79 Å². The summed E-state index contributed by atoms with van der Waals surface area (Å²) < 4.78 is 0. The predicted molar refractivity (Wildman–Crippen MR) is 130 cm³/mol. The van der Waals surface area contributed by atoms with Crippen LogP contribution in [0.15, 0.2) is 77.8 Å². The monoisotopic (exact) mass is 434 g/mol. The molecule has 0 fully saturated rings. The average molecular weight is 435 g/mol. The molecular formula is C25H27ClN4O. The van der Waals surface area contributed by atoms with E-state index in [1.54, 1.807) is 30.3 Å². The van der Waals surface area contributed by atoms with Gasteiger partial charge in [-0.1, -0.05) is 61.3 Å². The Morgan fingerprint density at radius 2 is 1.71 bits per heavy atom. The molecule has 0 bridgehead atoms. The number of unbranched alkanes of at least 4 members (excludes halogenated alkanes) is 1. The molecule has 0 aromatic heterocycles. The molecule has 3 aromatic rings. The molecule has 0 heterocycles. The lowest BCUT2D eigenvalue weighted by Gasteiger charge is -2.13. The Labute approximate surface area is 188 Å². The molecular weight excluding hydrogens is 408 g/mol. The highest BCUT2D eigenvalue weighted by atomic mass is 35.5. The Morgan fingerprint density at radius 3 is 2.42 bits per heavy atom. The van der Waals surface area contributed by atoms with Crippen LogP contribution in [0.4, 0.5) is 11.4 Å². The van der Waals surface area contributed by atoms with Gasteiger partial charge in [0.05, 0.1) is 5.56 Å². The van der Waals surface area contributed by atoms with E-state index in [0.717, 1.165) is 36.2 Å². The molecule has 6 heteroatoms. The van der Waals surface area contributed by atoms with E-state index in [1.807, 2.05) is 42.5 Å². The van der Waals surface area contributed by atoms with E-state index >= 15 is 0 Å². The van der Waals surface area contributed by atoms with Crippen LogP contribution in [0.1, 0.15) is 41.3 Å². The Kier molecular flexibility index (Phi) is 8.07. The quantitative estimate of drug-likeness (QED) is 0.229.